The topological polar surface area (TPSA) is 57.1 Å². The van der Waals surface area contributed by atoms with Crippen LogP contribution in [0.5, 0.6) is 11.5 Å². The van der Waals surface area contributed by atoms with E-state index in [9.17, 15) is 4.79 Å². The number of nitrogens with zero attached hydrogens (tertiary/aromatic N) is 1. The van der Waals surface area contributed by atoms with Crippen LogP contribution in [0.2, 0.25) is 0 Å². The normalized spacial score (nSPS) is 15.1. The fraction of sp³-hybridized carbons (Fsp3) is 0.200. The monoisotopic (exact) mass is 337 g/mol. The highest BCUT2D eigenvalue weighted by atomic mass is 16.6. The van der Waals surface area contributed by atoms with E-state index in [1.54, 1.807) is 26.4 Å². The van der Waals surface area contributed by atoms with Gasteiger partial charge in [0.05, 0.1) is 14.2 Å². The summed E-state index contributed by atoms with van der Waals surface area (Å²) in [4.78, 5) is 16.6. The lowest BCUT2D eigenvalue weighted by Crippen LogP contribution is -2.06. The second kappa shape index (κ2) is 6.81. The largest absolute Gasteiger partial charge is 0.493 e. The van der Waals surface area contributed by atoms with Crippen molar-refractivity contribution in [1.29, 1.82) is 0 Å². The Kier molecular flexibility index (Phi) is 4.57. The molecule has 0 saturated heterocycles. The summed E-state index contributed by atoms with van der Waals surface area (Å²) in [6.07, 6.45) is 1.64. The molecule has 2 aromatic carbocycles. The van der Waals surface area contributed by atoms with Crippen LogP contribution in [0.1, 0.15) is 22.3 Å². The van der Waals surface area contributed by atoms with Crippen molar-refractivity contribution in [3.05, 3.63) is 64.3 Å². The number of ether oxygens (including phenoxy) is 3. The van der Waals surface area contributed by atoms with Gasteiger partial charge in [-0.25, -0.2) is 9.79 Å². The average Bonchev–Trinajstić information content (AvgIpc) is 2.94. The fourth-order valence-electron chi connectivity index (χ4n) is 2.80. The van der Waals surface area contributed by atoms with E-state index in [0.717, 1.165) is 16.7 Å². The van der Waals surface area contributed by atoms with E-state index in [1.165, 1.54) is 0 Å². The number of para-hydroxylation sites is 1. The van der Waals surface area contributed by atoms with Gasteiger partial charge in [-0.2, -0.15) is 0 Å². The SMILES string of the molecule is COc1cccc(C=C2N=C(c3cc(C)cc(C)c3)OC2=O)c1OC. The summed E-state index contributed by atoms with van der Waals surface area (Å²) in [5, 5.41) is 0. The highest BCUT2D eigenvalue weighted by Crippen LogP contribution is 2.33. The second-order valence-electron chi connectivity index (χ2n) is 5.80. The number of benzene rings is 2. The molecule has 2 aromatic rings. The van der Waals surface area contributed by atoms with E-state index in [0.29, 0.717) is 23.0 Å². The predicted molar refractivity (Wildman–Crippen MR) is 96.1 cm³/mol. The molecule has 0 saturated carbocycles. The van der Waals surface area contributed by atoms with Gasteiger partial charge in [-0.3, -0.25) is 0 Å². The first kappa shape index (κ1) is 16.8. The summed E-state index contributed by atoms with van der Waals surface area (Å²) in [5.41, 5.74) is 3.87. The van der Waals surface area contributed by atoms with E-state index < -0.39 is 5.97 Å². The first-order valence-corrected chi connectivity index (χ1v) is 7.84. The fourth-order valence-corrected chi connectivity index (χ4v) is 2.80. The molecular weight excluding hydrogens is 318 g/mol. The number of hydrogen-bond acceptors (Lipinski definition) is 5. The number of carbonyl (C=O) groups is 1. The minimum absolute atomic E-state index is 0.223. The van der Waals surface area contributed by atoms with Crippen molar-refractivity contribution in [2.45, 2.75) is 13.8 Å². The van der Waals surface area contributed by atoms with Gasteiger partial charge in [-0.1, -0.05) is 29.3 Å². The molecule has 1 aliphatic heterocycles. The molecule has 0 fully saturated rings. The van der Waals surface area contributed by atoms with Crippen molar-refractivity contribution in [2.75, 3.05) is 14.2 Å². The van der Waals surface area contributed by atoms with Crippen LogP contribution in [0.15, 0.2) is 47.1 Å². The van der Waals surface area contributed by atoms with Crippen LogP contribution in [0.4, 0.5) is 0 Å². The molecule has 0 aliphatic carbocycles. The van der Waals surface area contributed by atoms with Crippen LogP contribution in [0, 0.1) is 13.8 Å². The number of cyclic esters (lactones) is 1. The number of esters is 1. The van der Waals surface area contributed by atoms with Gasteiger partial charge in [-0.05, 0) is 38.1 Å². The summed E-state index contributed by atoms with van der Waals surface area (Å²) in [7, 11) is 3.12. The lowest BCUT2D eigenvalue weighted by molar-refractivity contribution is -0.129. The number of rotatable bonds is 4. The second-order valence-corrected chi connectivity index (χ2v) is 5.80. The Balaban J connectivity index is 2.02. The van der Waals surface area contributed by atoms with Crippen molar-refractivity contribution >= 4 is 17.9 Å². The van der Waals surface area contributed by atoms with E-state index in [2.05, 4.69) is 11.1 Å². The minimum Gasteiger partial charge on any atom is -0.493 e. The molecule has 1 aliphatic rings. The third-order valence-electron chi connectivity index (χ3n) is 3.81. The van der Waals surface area contributed by atoms with Gasteiger partial charge in [0.2, 0.25) is 5.90 Å². The molecule has 5 nitrogen and oxygen atoms in total. The van der Waals surface area contributed by atoms with Crippen LogP contribution < -0.4 is 9.47 Å². The molecule has 25 heavy (non-hydrogen) atoms. The lowest BCUT2D eigenvalue weighted by Gasteiger charge is -2.09. The Morgan fingerprint density at radius 3 is 2.40 bits per heavy atom. The van der Waals surface area contributed by atoms with Gasteiger partial charge in [0, 0.05) is 11.1 Å². The molecule has 0 radical (unpaired) electrons. The molecule has 0 atom stereocenters. The molecule has 0 unspecified atom stereocenters. The van der Waals surface area contributed by atoms with Crippen molar-refractivity contribution in [3.8, 4) is 11.5 Å². The Bertz CT molecular complexity index is 876. The van der Waals surface area contributed by atoms with Crippen LogP contribution in [-0.2, 0) is 9.53 Å². The quantitative estimate of drug-likeness (QED) is 0.631. The van der Waals surface area contributed by atoms with Crippen molar-refractivity contribution in [1.82, 2.24) is 0 Å². The van der Waals surface area contributed by atoms with E-state index in [1.807, 2.05) is 38.1 Å². The van der Waals surface area contributed by atoms with Crippen LogP contribution >= 0.6 is 0 Å². The summed E-state index contributed by atoms with van der Waals surface area (Å²) in [6.45, 7) is 3.98. The molecular formula is C20H19NO4. The summed E-state index contributed by atoms with van der Waals surface area (Å²) in [5.74, 6) is 0.950. The molecule has 0 bridgehead atoms. The number of methoxy groups -OCH3 is 2. The first-order valence-electron chi connectivity index (χ1n) is 7.84. The predicted octanol–water partition coefficient (Wildman–Crippen LogP) is 3.67. The molecule has 128 valence electrons. The van der Waals surface area contributed by atoms with Gasteiger partial charge in [-0.15, -0.1) is 0 Å². The Morgan fingerprint density at radius 1 is 1.04 bits per heavy atom. The Hall–Kier alpha value is -3.08. The molecule has 0 amide bonds. The van der Waals surface area contributed by atoms with Crippen molar-refractivity contribution in [2.24, 2.45) is 4.99 Å². The maximum Gasteiger partial charge on any atom is 0.363 e. The van der Waals surface area contributed by atoms with Crippen LogP contribution in [-0.4, -0.2) is 26.1 Å². The Morgan fingerprint density at radius 2 is 1.76 bits per heavy atom. The third kappa shape index (κ3) is 3.40. The van der Waals surface area contributed by atoms with Gasteiger partial charge in [0.15, 0.2) is 17.2 Å². The zero-order valence-electron chi connectivity index (χ0n) is 14.6. The highest BCUT2D eigenvalue weighted by Gasteiger charge is 2.25. The Labute approximate surface area is 146 Å². The van der Waals surface area contributed by atoms with Gasteiger partial charge >= 0.3 is 5.97 Å². The van der Waals surface area contributed by atoms with E-state index in [-0.39, 0.29) is 5.70 Å². The smallest absolute Gasteiger partial charge is 0.363 e. The summed E-state index contributed by atoms with van der Waals surface area (Å²) >= 11 is 0. The summed E-state index contributed by atoms with van der Waals surface area (Å²) < 4.78 is 16.0. The average molecular weight is 337 g/mol. The van der Waals surface area contributed by atoms with Crippen molar-refractivity contribution < 1.29 is 19.0 Å². The van der Waals surface area contributed by atoms with Crippen molar-refractivity contribution in [3.63, 3.8) is 0 Å². The van der Waals surface area contributed by atoms with E-state index >= 15 is 0 Å². The summed E-state index contributed by atoms with van der Waals surface area (Å²) in [6, 6.07) is 11.4. The maximum absolute atomic E-state index is 12.2. The first-order chi connectivity index (χ1) is 12.0. The molecule has 0 aromatic heterocycles. The number of aryl methyl sites for hydroxylation is 2. The lowest BCUT2D eigenvalue weighted by atomic mass is 10.1. The van der Waals surface area contributed by atoms with Gasteiger partial charge in [0.25, 0.3) is 0 Å². The van der Waals surface area contributed by atoms with Gasteiger partial charge in [0.1, 0.15) is 0 Å². The van der Waals surface area contributed by atoms with Gasteiger partial charge < -0.3 is 14.2 Å². The zero-order valence-corrected chi connectivity index (χ0v) is 14.6. The van der Waals surface area contributed by atoms with Crippen LogP contribution in [0.3, 0.4) is 0 Å². The zero-order chi connectivity index (χ0) is 18.0. The molecule has 0 N–H and O–H groups in total. The minimum atomic E-state index is -0.487. The highest BCUT2D eigenvalue weighted by molar-refractivity contribution is 6.13. The third-order valence-corrected chi connectivity index (χ3v) is 3.81. The standard InChI is InChI=1S/C20H19NO4/c1-12-8-13(2)10-15(9-12)19-21-16(20(22)25-19)11-14-6-5-7-17(23-3)18(14)24-4/h5-11H,1-4H3. The molecule has 3 rings (SSSR count). The maximum atomic E-state index is 12.2. The number of carbonyl (C=O) groups excluding carboxylic acids is 1. The molecule has 5 heteroatoms. The number of hydrogen-bond donors (Lipinski definition) is 0. The molecule has 1 heterocycles. The number of aliphatic imine (C=N–C) groups is 1. The van der Waals surface area contributed by atoms with E-state index in [4.69, 9.17) is 14.2 Å². The van der Waals surface area contributed by atoms with Crippen LogP contribution in [0.25, 0.3) is 6.08 Å². The molecule has 0 spiro atoms.